The highest BCUT2D eigenvalue weighted by Crippen LogP contribution is 2.33. The number of aromatic nitrogens is 1. The Kier molecular flexibility index (Phi) is 5.68. The lowest BCUT2D eigenvalue weighted by Gasteiger charge is -2.18. The molecule has 3 aromatic rings. The lowest BCUT2D eigenvalue weighted by molar-refractivity contribution is -0.384. The van der Waals surface area contributed by atoms with Crippen LogP contribution in [-0.4, -0.2) is 21.2 Å². The number of hydrogen-bond acceptors (Lipinski definition) is 5. The molecule has 0 bridgehead atoms. The van der Waals surface area contributed by atoms with Gasteiger partial charge in [0.05, 0.1) is 10.6 Å². The lowest BCUT2D eigenvalue weighted by Crippen LogP contribution is -2.19. The van der Waals surface area contributed by atoms with Crippen molar-refractivity contribution in [3.8, 4) is 0 Å². The Bertz CT molecular complexity index is 1130. The summed E-state index contributed by atoms with van der Waals surface area (Å²) in [5.41, 5.74) is 3.51. The van der Waals surface area contributed by atoms with Gasteiger partial charge in [-0.2, -0.15) is 0 Å². The maximum Gasteiger partial charge on any atom is 0.331 e. The highest BCUT2D eigenvalue weighted by molar-refractivity contribution is 6.12. The molecule has 3 rings (SSSR count). The molecule has 0 fully saturated rings. The second kappa shape index (κ2) is 8.03. The SMILES string of the molecule is CCn1c2ccc(/C(=N/OC(C)=O)C(C)C(C)C)cc2c2cc([N+](=O)[O-])ccc21. The Balaban J connectivity index is 2.27. The number of hydrogen-bond donors (Lipinski definition) is 0. The fraction of sp³-hybridized carbons (Fsp3) is 0.364. The quantitative estimate of drug-likeness (QED) is 0.246. The Morgan fingerprint density at radius 2 is 1.76 bits per heavy atom. The number of rotatable bonds is 6. The molecule has 1 aromatic heterocycles. The third-order valence-corrected chi connectivity index (χ3v) is 5.38. The summed E-state index contributed by atoms with van der Waals surface area (Å²) < 4.78 is 2.13. The van der Waals surface area contributed by atoms with E-state index in [1.54, 1.807) is 12.1 Å². The molecule has 0 aliphatic carbocycles. The van der Waals surface area contributed by atoms with Gasteiger partial charge in [-0.1, -0.05) is 32.0 Å². The molecule has 1 unspecified atom stereocenters. The van der Waals surface area contributed by atoms with Crippen molar-refractivity contribution in [3.63, 3.8) is 0 Å². The van der Waals surface area contributed by atoms with Gasteiger partial charge in [0.1, 0.15) is 0 Å². The Morgan fingerprint density at radius 1 is 1.14 bits per heavy atom. The minimum atomic E-state index is -0.474. The zero-order chi connectivity index (χ0) is 21.3. The molecule has 1 heterocycles. The predicted molar refractivity (Wildman–Crippen MR) is 114 cm³/mol. The third-order valence-electron chi connectivity index (χ3n) is 5.38. The van der Waals surface area contributed by atoms with Gasteiger partial charge in [0.25, 0.3) is 5.69 Å². The molecule has 0 radical (unpaired) electrons. The van der Waals surface area contributed by atoms with E-state index >= 15 is 0 Å². The van der Waals surface area contributed by atoms with Crippen LogP contribution in [0.2, 0.25) is 0 Å². The predicted octanol–water partition coefficient (Wildman–Crippen LogP) is 5.28. The molecule has 0 amide bonds. The Morgan fingerprint density at radius 3 is 2.31 bits per heavy atom. The average Bonchev–Trinajstić information content (AvgIpc) is 2.99. The molecule has 0 saturated carbocycles. The fourth-order valence-electron chi connectivity index (χ4n) is 3.53. The first-order chi connectivity index (χ1) is 13.7. The van der Waals surface area contributed by atoms with Crippen molar-refractivity contribution in [2.45, 2.75) is 41.2 Å². The topological polar surface area (TPSA) is 86.7 Å². The molecule has 29 heavy (non-hydrogen) atoms. The molecule has 0 aliphatic rings. The summed E-state index contributed by atoms with van der Waals surface area (Å²) in [6.07, 6.45) is 0. The Hall–Kier alpha value is -3.22. The van der Waals surface area contributed by atoms with Crippen molar-refractivity contribution in [1.29, 1.82) is 0 Å². The zero-order valence-corrected chi connectivity index (χ0v) is 17.3. The summed E-state index contributed by atoms with van der Waals surface area (Å²) in [6.45, 7) is 10.3. The van der Waals surface area contributed by atoms with Gasteiger partial charge in [-0.05, 0) is 31.0 Å². The van der Waals surface area contributed by atoms with E-state index in [1.807, 2.05) is 32.0 Å². The number of non-ortho nitro benzene ring substituents is 1. The highest BCUT2D eigenvalue weighted by atomic mass is 16.7. The van der Waals surface area contributed by atoms with E-state index in [9.17, 15) is 14.9 Å². The molecule has 7 nitrogen and oxygen atoms in total. The average molecular weight is 395 g/mol. The molecule has 2 aromatic carbocycles. The highest BCUT2D eigenvalue weighted by Gasteiger charge is 2.20. The van der Waals surface area contributed by atoms with E-state index in [0.717, 1.165) is 33.9 Å². The second-order valence-corrected chi connectivity index (χ2v) is 7.53. The van der Waals surface area contributed by atoms with Gasteiger partial charge in [0.15, 0.2) is 0 Å². The molecule has 0 saturated heterocycles. The molecular formula is C22H25N3O4. The first-order valence-corrected chi connectivity index (χ1v) is 9.70. The summed E-state index contributed by atoms with van der Waals surface area (Å²) >= 11 is 0. The van der Waals surface area contributed by atoms with Gasteiger partial charge < -0.3 is 9.40 Å². The second-order valence-electron chi connectivity index (χ2n) is 7.53. The molecule has 1 atom stereocenters. The maximum atomic E-state index is 11.3. The van der Waals surface area contributed by atoms with Crippen LogP contribution >= 0.6 is 0 Å². The van der Waals surface area contributed by atoms with Crippen LogP contribution in [-0.2, 0) is 16.2 Å². The van der Waals surface area contributed by atoms with Crippen molar-refractivity contribution >= 4 is 39.2 Å². The van der Waals surface area contributed by atoms with E-state index in [2.05, 4.69) is 23.6 Å². The van der Waals surface area contributed by atoms with E-state index < -0.39 is 5.97 Å². The number of nitrogens with zero attached hydrogens (tertiary/aromatic N) is 3. The first-order valence-electron chi connectivity index (χ1n) is 9.70. The molecule has 7 heteroatoms. The number of aryl methyl sites for hydroxylation is 1. The van der Waals surface area contributed by atoms with E-state index in [-0.39, 0.29) is 22.4 Å². The number of benzene rings is 2. The van der Waals surface area contributed by atoms with Gasteiger partial charge in [-0.3, -0.25) is 10.1 Å². The number of nitro groups is 1. The van der Waals surface area contributed by atoms with Crippen molar-refractivity contribution in [1.82, 2.24) is 4.57 Å². The molecule has 0 spiro atoms. The summed E-state index contributed by atoms with van der Waals surface area (Å²) in [4.78, 5) is 27.2. The summed E-state index contributed by atoms with van der Waals surface area (Å²) in [7, 11) is 0. The summed E-state index contributed by atoms with van der Waals surface area (Å²) in [5.74, 6) is -0.128. The van der Waals surface area contributed by atoms with Gasteiger partial charge in [-0.15, -0.1) is 0 Å². The number of carbonyl (C=O) groups excluding carboxylic acids is 1. The van der Waals surface area contributed by atoms with Gasteiger partial charge in [0, 0.05) is 58.9 Å². The molecule has 0 N–H and O–H groups in total. The van der Waals surface area contributed by atoms with Crippen LogP contribution < -0.4 is 0 Å². The van der Waals surface area contributed by atoms with E-state index in [4.69, 9.17) is 4.84 Å². The number of carbonyl (C=O) groups is 1. The van der Waals surface area contributed by atoms with Crippen LogP contribution in [0.25, 0.3) is 21.8 Å². The smallest absolute Gasteiger partial charge is 0.331 e. The van der Waals surface area contributed by atoms with Crippen LogP contribution in [0, 0.1) is 22.0 Å². The van der Waals surface area contributed by atoms with Crippen LogP contribution in [0.15, 0.2) is 41.6 Å². The number of fused-ring (bicyclic) bond motifs is 3. The lowest BCUT2D eigenvalue weighted by atomic mass is 9.88. The normalized spacial score (nSPS) is 13.2. The van der Waals surface area contributed by atoms with Crippen molar-refractivity contribution in [2.75, 3.05) is 0 Å². The Labute approximate surface area is 169 Å². The monoisotopic (exact) mass is 395 g/mol. The first kappa shape index (κ1) is 20.5. The minimum Gasteiger partial charge on any atom is -0.341 e. The van der Waals surface area contributed by atoms with Crippen molar-refractivity contribution in [3.05, 3.63) is 52.1 Å². The van der Waals surface area contributed by atoms with Gasteiger partial charge in [0.2, 0.25) is 0 Å². The fourth-order valence-corrected chi connectivity index (χ4v) is 3.53. The van der Waals surface area contributed by atoms with Crippen LogP contribution in [0.4, 0.5) is 5.69 Å². The van der Waals surface area contributed by atoms with E-state index in [1.165, 1.54) is 13.0 Å². The van der Waals surface area contributed by atoms with Gasteiger partial charge >= 0.3 is 5.97 Å². The van der Waals surface area contributed by atoms with Crippen LogP contribution in [0.1, 0.15) is 40.2 Å². The largest absolute Gasteiger partial charge is 0.341 e. The number of nitro benzene ring substituents is 1. The maximum absolute atomic E-state index is 11.3. The summed E-state index contributed by atoms with van der Waals surface area (Å²) in [6, 6.07) is 10.9. The third kappa shape index (κ3) is 3.85. The minimum absolute atomic E-state index is 0.0562. The summed E-state index contributed by atoms with van der Waals surface area (Å²) in [5, 5.41) is 17.1. The van der Waals surface area contributed by atoms with Crippen LogP contribution in [0.3, 0.4) is 0 Å². The zero-order valence-electron chi connectivity index (χ0n) is 17.3. The molecule has 0 aliphatic heterocycles. The van der Waals surface area contributed by atoms with E-state index in [0.29, 0.717) is 5.71 Å². The standard InChI is InChI=1S/C22H25N3O4/c1-6-24-20-9-7-16(22(14(4)13(2)3)23-29-15(5)26)11-18(20)19-12-17(25(27)28)8-10-21(19)24/h7-14H,6H2,1-5H3/b23-22+. The van der Waals surface area contributed by atoms with Crippen LogP contribution in [0.5, 0.6) is 0 Å². The van der Waals surface area contributed by atoms with Gasteiger partial charge in [-0.25, -0.2) is 4.79 Å². The van der Waals surface area contributed by atoms with Crippen molar-refractivity contribution in [2.24, 2.45) is 17.0 Å². The van der Waals surface area contributed by atoms with Crippen molar-refractivity contribution < 1.29 is 14.6 Å². The number of oxime groups is 1. The molecule has 152 valence electrons. The molecular weight excluding hydrogens is 370 g/mol.